The zero-order chi connectivity index (χ0) is 30.5. The highest BCUT2D eigenvalue weighted by Gasteiger charge is 2.23. The van der Waals surface area contributed by atoms with Crippen LogP contribution in [0.2, 0.25) is 5.02 Å². The van der Waals surface area contributed by atoms with Crippen molar-refractivity contribution in [2.45, 2.75) is 67.5 Å². The van der Waals surface area contributed by atoms with Gasteiger partial charge in [0.15, 0.2) is 5.65 Å². The van der Waals surface area contributed by atoms with Gasteiger partial charge in [0.25, 0.3) is 0 Å². The first kappa shape index (κ1) is 33.0. The van der Waals surface area contributed by atoms with Crippen molar-refractivity contribution >= 4 is 34.9 Å². The molecule has 1 aliphatic heterocycles. The summed E-state index contributed by atoms with van der Waals surface area (Å²) in [4.78, 5) is 32.0. The van der Waals surface area contributed by atoms with Crippen molar-refractivity contribution < 1.29 is 4.79 Å². The van der Waals surface area contributed by atoms with E-state index in [2.05, 4.69) is 77.7 Å². The minimum atomic E-state index is 0.498. The van der Waals surface area contributed by atoms with Gasteiger partial charge in [-0.15, -0.1) is 0 Å². The summed E-state index contributed by atoms with van der Waals surface area (Å²) in [6, 6.07) is 12.0. The lowest BCUT2D eigenvalue weighted by molar-refractivity contribution is -0.109. The van der Waals surface area contributed by atoms with Crippen LogP contribution in [0.25, 0.3) is 22.6 Å². The van der Waals surface area contributed by atoms with E-state index in [0.717, 1.165) is 60.9 Å². The highest BCUT2D eigenvalue weighted by atomic mass is 35.5. The van der Waals surface area contributed by atoms with Gasteiger partial charge in [-0.2, -0.15) is 0 Å². The number of benzene rings is 1. The summed E-state index contributed by atoms with van der Waals surface area (Å²) in [6.45, 7) is 18.1. The number of H-pyrrole nitrogens is 1. The number of nitrogens with one attached hydrogen (secondary N) is 2. The molecule has 1 fully saturated rings. The van der Waals surface area contributed by atoms with E-state index < -0.39 is 0 Å². The maximum absolute atomic E-state index is 10.5. The van der Waals surface area contributed by atoms with Crippen LogP contribution in [-0.4, -0.2) is 57.4 Å². The quantitative estimate of drug-likeness (QED) is 0.212. The lowest BCUT2D eigenvalue weighted by Crippen LogP contribution is -2.46. The van der Waals surface area contributed by atoms with Crippen LogP contribution in [0, 0.1) is 5.41 Å². The van der Waals surface area contributed by atoms with Gasteiger partial charge in [0.1, 0.15) is 11.3 Å². The Hall–Kier alpha value is -3.49. The molecule has 0 bridgehead atoms. The van der Waals surface area contributed by atoms with E-state index in [4.69, 9.17) is 16.6 Å². The van der Waals surface area contributed by atoms with Crippen molar-refractivity contribution in [3.8, 4) is 11.4 Å². The minimum absolute atomic E-state index is 0.498. The van der Waals surface area contributed by atoms with Gasteiger partial charge in [-0.05, 0) is 22.6 Å². The number of halogens is 1. The van der Waals surface area contributed by atoms with E-state index in [0.29, 0.717) is 29.0 Å². The second-order valence-electron chi connectivity index (χ2n) is 12.1. The van der Waals surface area contributed by atoms with E-state index in [1.807, 2.05) is 36.5 Å². The maximum atomic E-state index is 10.5. The van der Waals surface area contributed by atoms with Gasteiger partial charge in [-0.25, -0.2) is 9.97 Å². The molecule has 1 aliphatic rings. The summed E-state index contributed by atoms with van der Waals surface area (Å²) in [5.74, 6) is 0.742. The van der Waals surface area contributed by atoms with E-state index in [9.17, 15) is 4.79 Å². The fourth-order valence-corrected chi connectivity index (χ4v) is 4.45. The Labute approximate surface area is 255 Å². The zero-order valence-electron chi connectivity index (χ0n) is 26.0. The van der Waals surface area contributed by atoms with E-state index in [-0.39, 0.29) is 0 Å². The van der Waals surface area contributed by atoms with Crippen LogP contribution in [0.15, 0.2) is 55.0 Å². The number of anilines is 1. The van der Waals surface area contributed by atoms with Crippen LogP contribution in [0.3, 0.4) is 0 Å². The molecule has 1 saturated heterocycles. The monoisotopic (exact) mass is 591 g/mol. The van der Waals surface area contributed by atoms with Gasteiger partial charge < -0.3 is 15.2 Å². The zero-order valence-corrected chi connectivity index (χ0v) is 26.7. The number of carbonyl (C=O) groups excluding carboxylic acids is 1. The number of aromatic nitrogens is 4. The molecule has 0 saturated carbocycles. The molecule has 1 amide bonds. The first-order valence-corrected chi connectivity index (χ1v) is 15.2. The van der Waals surface area contributed by atoms with E-state index in [1.165, 1.54) is 18.4 Å². The van der Waals surface area contributed by atoms with Gasteiger partial charge in [0.05, 0.1) is 16.9 Å². The Bertz CT molecular complexity index is 1350. The summed E-state index contributed by atoms with van der Waals surface area (Å²) in [7, 11) is 0. The Morgan fingerprint density at radius 3 is 2.21 bits per heavy atom. The molecule has 0 aliphatic carbocycles. The number of imidazole rings is 1. The number of piperazine rings is 1. The van der Waals surface area contributed by atoms with Crippen molar-refractivity contribution in [2.24, 2.45) is 5.41 Å². The lowest BCUT2D eigenvalue weighted by atomic mass is 10.0. The minimum Gasteiger partial charge on any atom is -0.366 e. The van der Waals surface area contributed by atoms with Crippen LogP contribution < -0.4 is 10.2 Å². The summed E-state index contributed by atoms with van der Waals surface area (Å²) >= 11 is 6.62. The van der Waals surface area contributed by atoms with Gasteiger partial charge in [0, 0.05) is 57.2 Å². The fourth-order valence-electron chi connectivity index (χ4n) is 4.19. The molecule has 5 rings (SSSR count). The molecule has 0 spiro atoms. The first-order chi connectivity index (χ1) is 20.1. The van der Waals surface area contributed by atoms with Crippen LogP contribution in [0.4, 0.5) is 5.69 Å². The number of unbranched alkanes of at least 4 members (excludes halogenated alkanes) is 1. The number of rotatable bonds is 8. The van der Waals surface area contributed by atoms with Gasteiger partial charge in [-0.3, -0.25) is 14.7 Å². The Morgan fingerprint density at radius 1 is 0.976 bits per heavy atom. The van der Waals surface area contributed by atoms with E-state index >= 15 is 0 Å². The number of carbonyl (C=O) groups is 1. The van der Waals surface area contributed by atoms with Crippen LogP contribution >= 0.6 is 11.6 Å². The molecule has 9 heteroatoms. The molecular weight excluding hydrogens is 546 g/mol. The number of aromatic amines is 1. The highest BCUT2D eigenvalue weighted by molar-refractivity contribution is 6.34. The Morgan fingerprint density at radius 2 is 1.64 bits per heavy atom. The second-order valence-corrected chi connectivity index (χ2v) is 12.5. The average molecular weight is 592 g/mol. The van der Waals surface area contributed by atoms with Crippen molar-refractivity contribution in [1.29, 1.82) is 0 Å². The molecule has 3 aromatic heterocycles. The SMILES string of the molecule is CC(C)(C)C.CCCC.O=CNCc1ccc(-c2nc3ncc(Cl)c(N4CCN(Cc5cccnc5)CC4)c3[nH]2)cc1. The van der Waals surface area contributed by atoms with Gasteiger partial charge in [-0.1, -0.05) is 96.3 Å². The lowest BCUT2D eigenvalue weighted by Gasteiger charge is -2.36. The molecule has 42 heavy (non-hydrogen) atoms. The predicted molar refractivity (Wildman–Crippen MR) is 175 cm³/mol. The standard InChI is InChI=1S/C24H24ClN7O.C5H12.C4H10/c25-20-14-28-24-21(29-23(30-24)19-5-3-17(4-6-19)12-27-16-33)22(20)32-10-8-31(9-11-32)15-18-2-1-7-26-13-18;1-5(2,3)4;1-3-4-2/h1-7,13-14,16H,8-12,15H2,(H,27,33)(H,28,29,30);1-4H3;3-4H2,1-2H3. The van der Waals surface area contributed by atoms with E-state index in [1.54, 1.807) is 12.4 Å². The Kier molecular flexibility index (Phi) is 12.8. The molecule has 2 N–H and O–H groups in total. The third-order valence-corrected chi connectivity index (χ3v) is 6.66. The van der Waals surface area contributed by atoms with Crippen LogP contribution in [0.5, 0.6) is 0 Å². The second kappa shape index (κ2) is 16.2. The number of hydrogen-bond acceptors (Lipinski definition) is 6. The molecular formula is C33H46ClN7O. The summed E-state index contributed by atoms with van der Waals surface area (Å²) in [6.07, 6.45) is 8.74. The van der Waals surface area contributed by atoms with Crippen LogP contribution in [0.1, 0.15) is 65.5 Å². The first-order valence-electron chi connectivity index (χ1n) is 14.8. The molecule has 4 aromatic rings. The highest BCUT2D eigenvalue weighted by Crippen LogP contribution is 2.34. The van der Waals surface area contributed by atoms with Crippen LogP contribution in [-0.2, 0) is 17.9 Å². The molecule has 1 aromatic carbocycles. The topological polar surface area (TPSA) is 90.0 Å². The third kappa shape index (κ3) is 10.4. The average Bonchev–Trinajstić information content (AvgIpc) is 3.41. The summed E-state index contributed by atoms with van der Waals surface area (Å²) in [5, 5.41) is 3.29. The smallest absolute Gasteiger partial charge is 0.207 e. The molecule has 0 atom stereocenters. The number of pyridine rings is 2. The molecule has 0 radical (unpaired) electrons. The molecule has 226 valence electrons. The van der Waals surface area contributed by atoms with Crippen molar-refractivity contribution in [3.05, 3.63) is 71.1 Å². The maximum Gasteiger partial charge on any atom is 0.207 e. The van der Waals surface area contributed by atoms with Crippen molar-refractivity contribution in [2.75, 3.05) is 31.1 Å². The van der Waals surface area contributed by atoms with Crippen molar-refractivity contribution in [1.82, 2.24) is 30.2 Å². The molecule has 4 heterocycles. The number of amides is 1. The number of fused-ring (bicyclic) bond motifs is 1. The summed E-state index contributed by atoms with van der Waals surface area (Å²) in [5.41, 5.74) is 6.15. The number of hydrogen-bond donors (Lipinski definition) is 2. The number of nitrogens with zero attached hydrogens (tertiary/aromatic N) is 5. The normalized spacial score (nSPS) is 13.5. The summed E-state index contributed by atoms with van der Waals surface area (Å²) < 4.78 is 0. The fraction of sp³-hybridized carbons (Fsp3) is 0.455. The van der Waals surface area contributed by atoms with Gasteiger partial charge >= 0.3 is 0 Å². The molecule has 8 nitrogen and oxygen atoms in total. The largest absolute Gasteiger partial charge is 0.366 e. The third-order valence-electron chi connectivity index (χ3n) is 6.38. The molecule has 0 unspecified atom stereocenters. The predicted octanol–water partition coefficient (Wildman–Crippen LogP) is 7.10. The van der Waals surface area contributed by atoms with Crippen molar-refractivity contribution in [3.63, 3.8) is 0 Å². The van der Waals surface area contributed by atoms with Gasteiger partial charge in [0.2, 0.25) is 6.41 Å². The Balaban J connectivity index is 0.000000473.